The zero-order valence-electron chi connectivity index (χ0n) is 15.9. The van der Waals surface area contributed by atoms with Crippen molar-refractivity contribution >= 4 is 28.6 Å². The van der Waals surface area contributed by atoms with Gasteiger partial charge in [0.05, 0.1) is 16.6 Å². The predicted octanol–water partition coefficient (Wildman–Crippen LogP) is 4.57. The molecular formula is C20H15F4N7. The number of imidazole rings is 1. The molecular weight excluding hydrogens is 414 g/mol. The number of fused-ring (bicyclic) bond motifs is 1. The summed E-state index contributed by atoms with van der Waals surface area (Å²) < 4.78 is 53.9. The molecule has 0 aliphatic heterocycles. The number of rotatable bonds is 4. The lowest BCUT2D eigenvalue weighted by atomic mass is 10.2. The normalized spacial score (nSPS) is 14.2. The van der Waals surface area contributed by atoms with Gasteiger partial charge in [0, 0.05) is 17.7 Å². The van der Waals surface area contributed by atoms with Gasteiger partial charge in [0.2, 0.25) is 17.8 Å². The first kappa shape index (κ1) is 19.2. The first-order valence-corrected chi connectivity index (χ1v) is 9.42. The second kappa shape index (κ2) is 6.89. The monoisotopic (exact) mass is 429 g/mol. The van der Waals surface area contributed by atoms with Crippen molar-refractivity contribution in [2.75, 3.05) is 11.1 Å². The maximum Gasteiger partial charge on any atom is 0.416 e. The molecule has 2 aromatic heterocycles. The molecule has 2 heterocycles. The van der Waals surface area contributed by atoms with Gasteiger partial charge in [-0.1, -0.05) is 0 Å². The lowest BCUT2D eigenvalue weighted by molar-refractivity contribution is -0.137. The Kier molecular flexibility index (Phi) is 4.27. The summed E-state index contributed by atoms with van der Waals surface area (Å²) in [6.07, 6.45) is -2.54. The molecule has 1 fully saturated rings. The Labute approximate surface area is 173 Å². The molecule has 158 valence electrons. The SMILES string of the molecule is Nc1nc(Nc2ccc(C(F)(F)F)cc2)nc(-n2c(C3CC3)nc3ccc(F)cc32)n1. The Morgan fingerprint density at radius 1 is 0.968 bits per heavy atom. The van der Waals surface area contributed by atoms with Crippen LogP contribution in [0.5, 0.6) is 0 Å². The molecule has 0 saturated heterocycles. The number of alkyl halides is 3. The van der Waals surface area contributed by atoms with Crippen molar-refractivity contribution in [1.29, 1.82) is 0 Å². The van der Waals surface area contributed by atoms with E-state index in [1.54, 1.807) is 10.6 Å². The molecule has 31 heavy (non-hydrogen) atoms. The summed E-state index contributed by atoms with van der Waals surface area (Å²) in [6, 6.07) is 8.68. The minimum Gasteiger partial charge on any atom is -0.368 e. The highest BCUT2D eigenvalue weighted by Crippen LogP contribution is 2.41. The first-order valence-electron chi connectivity index (χ1n) is 9.42. The van der Waals surface area contributed by atoms with Crippen LogP contribution in [-0.2, 0) is 6.18 Å². The third-order valence-electron chi connectivity index (χ3n) is 4.89. The minimum absolute atomic E-state index is 0.0438. The summed E-state index contributed by atoms with van der Waals surface area (Å²) in [5.74, 6) is 0.575. The van der Waals surface area contributed by atoms with E-state index in [0.29, 0.717) is 22.5 Å². The van der Waals surface area contributed by atoms with E-state index in [2.05, 4.69) is 25.3 Å². The van der Waals surface area contributed by atoms with Gasteiger partial charge in [0.1, 0.15) is 11.6 Å². The first-order chi connectivity index (χ1) is 14.8. The van der Waals surface area contributed by atoms with Crippen LogP contribution in [-0.4, -0.2) is 24.5 Å². The van der Waals surface area contributed by atoms with Crippen LogP contribution in [0, 0.1) is 5.82 Å². The minimum atomic E-state index is -4.43. The molecule has 0 spiro atoms. The zero-order chi connectivity index (χ0) is 21.8. The van der Waals surface area contributed by atoms with E-state index >= 15 is 0 Å². The molecule has 0 atom stereocenters. The maximum absolute atomic E-state index is 13.9. The molecule has 4 aromatic rings. The molecule has 0 amide bonds. The Balaban J connectivity index is 1.55. The van der Waals surface area contributed by atoms with Crippen LogP contribution in [0.1, 0.15) is 30.1 Å². The summed E-state index contributed by atoms with van der Waals surface area (Å²) in [7, 11) is 0. The van der Waals surface area contributed by atoms with Crippen molar-refractivity contribution in [3.05, 3.63) is 59.7 Å². The molecule has 0 radical (unpaired) electrons. The van der Waals surface area contributed by atoms with Crippen molar-refractivity contribution in [3.63, 3.8) is 0 Å². The van der Waals surface area contributed by atoms with E-state index in [1.165, 1.54) is 24.3 Å². The third-order valence-corrected chi connectivity index (χ3v) is 4.89. The fourth-order valence-corrected chi connectivity index (χ4v) is 3.30. The van der Waals surface area contributed by atoms with Gasteiger partial charge in [-0.15, -0.1) is 0 Å². The number of nitrogens with zero attached hydrogens (tertiary/aromatic N) is 5. The van der Waals surface area contributed by atoms with E-state index in [-0.39, 0.29) is 23.8 Å². The number of hydrogen-bond donors (Lipinski definition) is 2. The standard InChI is InChI=1S/C20H15F4N7/c21-12-5-8-14-15(9-12)31(16(27-14)10-1-2-10)19-29-17(25)28-18(30-19)26-13-6-3-11(4-7-13)20(22,23)24/h3-10H,1-2H2,(H3,25,26,28,29,30). The number of aromatic nitrogens is 5. The summed E-state index contributed by atoms with van der Waals surface area (Å²) in [5, 5.41) is 2.83. The quantitative estimate of drug-likeness (QED) is 0.462. The summed E-state index contributed by atoms with van der Waals surface area (Å²) in [5.41, 5.74) is 6.52. The van der Waals surface area contributed by atoms with Gasteiger partial charge in [0.25, 0.3) is 0 Å². The highest BCUT2D eigenvalue weighted by molar-refractivity contribution is 5.78. The maximum atomic E-state index is 13.9. The van der Waals surface area contributed by atoms with Crippen molar-refractivity contribution in [1.82, 2.24) is 24.5 Å². The smallest absolute Gasteiger partial charge is 0.368 e. The van der Waals surface area contributed by atoms with E-state index in [0.717, 1.165) is 25.0 Å². The number of nitrogens with one attached hydrogen (secondary N) is 1. The van der Waals surface area contributed by atoms with Gasteiger partial charge in [-0.3, -0.25) is 4.57 Å². The Morgan fingerprint density at radius 3 is 2.39 bits per heavy atom. The molecule has 1 saturated carbocycles. The molecule has 2 aromatic carbocycles. The van der Waals surface area contributed by atoms with Gasteiger partial charge >= 0.3 is 6.18 Å². The molecule has 1 aliphatic carbocycles. The van der Waals surface area contributed by atoms with Crippen LogP contribution in [0.2, 0.25) is 0 Å². The van der Waals surface area contributed by atoms with Crippen LogP contribution < -0.4 is 11.1 Å². The van der Waals surface area contributed by atoms with Crippen molar-refractivity contribution in [2.45, 2.75) is 24.9 Å². The predicted molar refractivity (Wildman–Crippen MR) is 106 cm³/mol. The zero-order valence-corrected chi connectivity index (χ0v) is 15.9. The number of anilines is 3. The number of halogens is 4. The molecule has 11 heteroatoms. The van der Waals surface area contributed by atoms with Crippen LogP contribution in [0.4, 0.5) is 35.1 Å². The van der Waals surface area contributed by atoms with Crippen LogP contribution >= 0.6 is 0 Å². The summed E-state index contributed by atoms with van der Waals surface area (Å²) in [6.45, 7) is 0. The molecule has 0 unspecified atom stereocenters. The van der Waals surface area contributed by atoms with E-state index < -0.39 is 17.6 Å². The molecule has 0 bridgehead atoms. The second-order valence-electron chi connectivity index (χ2n) is 7.23. The Morgan fingerprint density at radius 2 is 1.71 bits per heavy atom. The summed E-state index contributed by atoms with van der Waals surface area (Å²) >= 11 is 0. The number of benzene rings is 2. The Hall–Kier alpha value is -3.76. The fraction of sp³-hybridized carbons (Fsp3) is 0.200. The Bertz CT molecular complexity index is 1280. The topological polar surface area (TPSA) is 94.5 Å². The van der Waals surface area contributed by atoms with Crippen LogP contribution in [0.25, 0.3) is 17.0 Å². The van der Waals surface area contributed by atoms with Crippen molar-refractivity contribution in [3.8, 4) is 5.95 Å². The van der Waals surface area contributed by atoms with E-state index in [4.69, 9.17) is 5.73 Å². The molecule has 3 N–H and O–H groups in total. The highest BCUT2D eigenvalue weighted by atomic mass is 19.4. The van der Waals surface area contributed by atoms with Gasteiger partial charge in [-0.25, -0.2) is 9.37 Å². The number of hydrogen-bond acceptors (Lipinski definition) is 6. The van der Waals surface area contributed by atoms with E-state index in [9.17, 15) is 17.6 Å². The summed E-state index contributed by atoms with van der Waals surface area (Å²) in [4.78, 5) is 17.1. The average molecular weight is 429 g/mol. The average Bonchev–Trinajstić information content (AvgIpc) is 3.48. The fourth-order valence-electron chi connectivity index (χ4n) is 3.30. The third kappa shape index (κ3) is 3.74. The number of nitrogens with two attached hydrogens (primary N) is 1. The lowest BCUT2D eigenvalue weighted by Gasteiger charge is -2.11. The van der Waals surface area contributed by atoms with Crippen molar-refractivity contribution in [2.24, 2.45) is 0 Å². The largest absolute Gasteiger partial charge is 0.416 e. The van der Waals surface area contributed by atoms with Gasteiger partial charge in [0.15, 0.2) is 0 Å². The second-order valence-corrected chi connectivity index (χ2v) is 7.23. The van der Waals surface area contributed by atoms with Gasteiger partial charge < -0.3 is 11.1 Å². The van der Waals surface area contributed by atoms with Gasteiger partial charge in [-0.05, 0) is 49.2 Å². The molecule has 1 aliphatic rings. The van der Waals surface area contributed by atoms with Crippen LogP contribution in [0.3, 0.4) is 0 Å². The molecule has 7 nitrogen and oxygen atoms in total. The van der Waals surface area contributed by atoms with Crippen molar-refractivity contribution < 1.29 is 17.6 Å². The molecule has 5 rings (SSSR count). The lowest BCUT2D eigenvalue weighted by Crippen LogP contribution is -2.11. The van der Waals surface area contributed by atoms with Gasteiger partial charge in [-0.2, -0.15) is 28.1 Å². The number of nitrogen functional groups attached to an aromatic ring is 1. The van der Waals surface area contributed by atoms with E-state index in [1.807, 2.05) is 0 Å². The van der Waals surface area contributed by atoms with Crippen LogP contribution in [0.15, 0.2) is 42.5 Å². The highest BCUT2D eigenvalue weighted by Gasteiger charge is 2.32.